The van der Waals surface area contributed by atoms with E-state index in [-0.39, 0.29) is 0 Å². The third kappa shape index (κ3) is 3.71. The molecule has 24 heavy (non-hydrogen) atoms. The standard InChI is InChI=1S/C19H21ClN2O2/c1-2-18(23)19-21-16-6-3-4-7-17(16)22(19)12-5-13-24-15-10-8-14(20)9-11-15/h3-4,6-11,18,23H,2,5,12-13H2,1H3. The summed E-state index contributed by atoms with van der Waals surface area (Å²) in [6.45, 7) is 3.30. The van der Waals surface area contributed by atoms with E-state index in [1.54, 1.807) is 0 Å². The van der Waals surface area contributed by atoms with Gasteiger partial charge in [-0.3, -0.25) is 0 Å². The zero-order valence-corrected chi connectivity index (χ0v) is 14.4. The van der Waals surface area contributed by atoms with Crippen molar-refractivity contribution in [1.82, 2.24) is 9.55 Å². The van der Waals surface area contributed by atoms with Crippen LogP contribution in [-0.2, 0) is 6.54 Å². The molecule has 0 aliphatic carbocycles. The van der Waals surface area contributed by atoms with Gasteiger partial charge in [0, 0.05) is 11.6 Å². The molecule has 0 radical (unpaired) electrons. The Labute approximate surface area is 146 Å². The van der Waals surface area contributed by atoms with Crippen LogP contribution in [0, 0.1) is 0 Å². The predicted molar refractivity (Wildman–Crippen MR) is 96.5 cm³/mol. The number of aliphatic hydroxyl groups excluding tert-OH is 1. The lowest BCUT2D eigenvalue weighted by Gasteiger charge is -2.13. The van der Waals surface area contributed by atoms with Crippen LogP contribution in [0.1, 0.15) is 31.7 Å². The minimum Gasteiger partial charge on any atom is -0.494 e. The summed E-state index contributed by atoms with van der Waals surface area (Å²) in [4.78, 5) is 4.59. The maximum atomic E-state index is 10.2. The second kappa shape index (κ2) is 7.69. The summed E-state index contributed by atoms with van der Waals surface area (Å²) >= 11 is 5.87. The maximum Gasteiger partial charge on any atom is 0.138 e. The Morgan fingerprint density at radius 2 is 1.92 bits per heavy atom. The molecule has 1 N–H and O–H groups in total. The average molecular weight is 345 g/mol. The summed E-state index contributed by atoms with van der Waals surface area (Å²) in [6.07, 6.45) is 0.923. The van der Waals surface area contributed by atoms with Gasteiger partial charge in [0.2, 0.25) is 0 Å². The van der Waals surface area contributed by atoms with E-state index in [2.05, 4.69) is 9.55 Å². The Hall–Kier alpha value is -2.04. The number of para-hydroxylation sites is 2. The first-order chi connectivity index (χ1) is 11.7. The fourth-order valence-corrected chi connectivity index (χ4v) is 2.84. The summed E-state index contributed by atoms with van der Waals surface area (Å²) in [6, 6.07) is 15.3. The van der Waals surface area contributed by atoms with Gasteiger partial charge in [0.1, 0.15) is 17.7 Å². The first-order valence-electron chi connectivity index (χ1n) is 8.20. The molecule has 2 aromatic carbocycles. The Morgan fingerprint density at radius 3 is 2.67 bits per heavy atom. The minimum atomic E-state index is -0.547. The average Bonchev–Trinajstić information content (AvgIpc) is 2.98. The van der Waals surface area contributed by atoms with Gasteiger partial charge in [-0.05, 0) is 49.2 Å². The third-order valence-corrected chi connectivity index (χ3v) is 4.23. The third-order valence-electron chi connectivity index (χ3n) is 3.98. The first-order valence-corrected chi connectivity index (χ1v) is 8.58. The number of hydrogen-bond donors (Lipinski definition) is 1. The molecule has 3 aromatic rings. The Morgan fingerprint density at radius 1 is 1.17 bits per heavy atom. The normalized spacial score (nSPS) is 12.5. The van der Waals surface area contributed by atoms with Crippen molar-refractivity contribution in [3.05, 3.63) is 59.4 Å². The zero-order valence-electron chi connectivity index (χ0n) is 13.7. The van der Waals surface area contributed by atoms with Gasteiger partial charge in [0.25, 0.3) is 0 Å². The number of fused-ring (bicyclic) bond motifs is 1. The van der Waals surface area contributed by atoms with E-state index in [4.69, 9.17) is 16.3 Å². The van der Waals surface area contributed by atoms with E-state index < -0.39 is 6.10 Å². The highest BCUT2D eigenvalue weighted by Gasteiger charge is 2.16. The molecular weight excluding hydrogens is 324 g/mol. The highest BCUT2D eigenvalue weighted by molar-refractivity contribution is 6.30. The number of ether oxygens (including phenoxy) is 1. The number of halogens is 1. The van der Waals surface area contributed by atoms with Crippen LogP contribution >= 0.6 is 11.6 Å². The van der Waals surface area contributed by atoms with E-state index in [1.165, 1.54) is 0 Å². The van der Waals surface area contributed by atoms with Crippen molar-refractivity contribution in [2.45, 2.75) is 32.4 Å². The van der Waals surface area contributed by atoms with Crippen molar-refractivity contribution >= 4 is 22.6 Å². The first kappa shape index (κ1) is 16.8. The van der Waals surface area contributed by atoms with Crippen LogP contribution in [0.15, 0.2) is 48.5 Å². The molecule has 1 atom stereocenters. The lowest BCUT2D eigenvalue weighted by Crippen LogP contribution is -2.11. The SMILES string of the molecule is CCC(O)c1nc2ccccc2n1CCCOc1ccc(Cl)cc1. The van der Waals surface area contributed by atoms with Crippen LogP contribution < -0.4 is 4.74 Å². The molecule has 1 aromatic heterocycles. The Kier molecular flexibility index (Phi) is 5.38. The summed E-state index contributed by atoms with van der Waals surface area (Å²) in [7, 11) is 0. The Balaban J connectivity index is 1.68. The van der Waals surface area contributed by atoms with Gasteiger partial charge in [0.05, 0.1) is 17.6 Å². The number of benzene rings is 2. The fraction of sp³-hybridized carbons (Fsp3) is 0.316. The van der Waals surface area contributed by atoms with Gasteiger partial charge in [-0.15, -0.1) is 0 Å². The molecule has 3 rings (SSSR count). The van der Waals surface area contributed by atoms with Gasteiger partial charge in [-0.1, -0.05) is 30.7 Å². The second-order valence-electron chi connectivity index (χ2n) is 5.69. The molecule has 126 valence electrons. The summed E-state index contributed by atoms with van der Waals surface area (Å²) < 4.78 is 7.84. The molecule has 0 saturated carbocycles. The molecule has 0 fully saturated rings. The maximum absolute atomic E-state index is 10.2. The van der Waals surface area contributed by atoms with Gasteiger partial charge in [-0.2, -0.15) is 0 Å². The highest BCUT2D eigenvalue weighted by Crippen LogP contribution is 2.23. The van der Waals surface area contributed by atoms with Gasteiger partial charge in [-0.25, -0.2) is 4.98 Å². The number of imidazole rings is 1. The number of aryl methyl sites for hydroxylation is 1. The summed E-state index contributed by atoms with van der Waals surface area (Å²) in [5.41, 5.74) is 1.96. The van der Waals surface area contributed by atoms with E-state index in [0.717, 1.165) is 35.6 Å². The molecule has 1 unspecified atom stereocenters. The molecule has 0 saturated heterocycles. The monoisotopic (exact) mass is 344 g/mol. The Bertz CT molecular complexity index is 799. The highest BCUT2D eigenvalue weighted by atomic mass is 35.5. The largest absolute Gasteiger partial charge is 0.494 e. The van der Waals surface area contributed by atoms with Crippen LogP contribution in [0.5, 0.6) is 5.75 Å². The van der Waals surface area contributed by atoms with Gasteiger partial charge in [0.15, 0.2) is 0 Å². The lowest BCUT2D eigenvalue weighted by atomic mass is 10.2. The molecule has 4 nitrogen and oxygen atoms in total. The molecule has 0 aliphatic heterocycles. The molecule has 0 bridgehead atoms. The fourth-order valence-electron chi connectivity index (χ4n) is 2.71. The van der Waals surface area contributed by atoms with Gasteiger partial charge < -0.3 is 14.4 Å². The summed E-state index contributed by atoms with van der Waals surface area (Å²) in [5, 5.41) is 10.9. The number of nitrogens with zero attached hydrogens (tertiary/aromatic N) is 2. The van der Waals surface area contributed by atoms with Crippen molar-refractivity contribution in [2.75, 3.05) is 6.61 Å². The van der Waals surface area contributed by atoms with Crippen molar-refractivity contribution < 1.29 is 9.84 Å². The molecule has 0 spiro atoms. The second-order valence-corrected chi connectivity index (χ2v) is 6.13. The number of hydrogen-bond acceptors (Lipinski definition) is 3. The van der Waals surface area contributed by atoms with Crippen molar-refractivity contribution in [3.63, 3.8) is 0 Å². The quantitative estimate of drug-likeness (QED) is 0.637. The van der Waals surface area contributed by atoms with Crippen LogP contribution in [0.25, 0.3) is 11.0 Å². The van der Waals surface area contributed by atoms with Crippen LogP contribution in [0.4, 0.5) is 0 Å². The lowest BCUT2D eigenvalue weighted by molar-refractivity contribution is 0.158. The molecule has 5 heteroatoms. The van der Waals surface area contributed by atoms with Gasteiger partial charge >= 0.3 is 0 Å². The minimum absolute atomic E-state index is 0.547. The number of rotatable bonds is 7. The van der Waals surface area contributed by atoms with E-state index in [0.29, 0.717) is 18.1 Å². The van der Waals surface area contributed by atoms with E-state index in [9.17, 15) is 5.11 Å². The zero-order chi connectivity index (χ0) is 16.9. The molecular formula is C19H21ClN2O2. The smallest absolute Gasteiger partial charge is 0.138 e. The topological polar surface area (TPSA) is 47.3 Å². The summed E-state index contributed by atoms with van der Waals surface area (Å²) in [5.74, 6) is 1.54. The van der Waals surface area contributed by atoms with Crippen LogP contribution in [-0.4, -0.2) is 21.3 Å². The van der Waals surface area contributed by atoms with Crippen molar-refractivity contribution in [3.8, 4) is 5.75 Å². The van der Waals surface area contributed by atoms with Crippen molar-refractivity contribution in [2.24, 2.45) is 0 Å². The molecule has 0 amide bonds. The van der Waals surface area contributed by atoms with E-state index >= 15 is 0 Å². The van der Waals surface area contributed by atoms with Crippen molar-refractivity contribution in [1.29, 1.82) is 0 Å². The van der Waals surface area contributed by atoms with Crippen LogP contribution in [0.3, 0.4) is 0 Å². The van der Waals surface area contributed by atoms with E-state index in [1.807, 2.05) is 55.5 Å². The molecule has 1 heterocycles. The predicted octanol–water partition coefficient (Wildman–Crippen LogP) is 4.60. The molecule has 0 aliphatic rings. The number of aliphatic hydroxyl groups is 1. The van der Waals surface area contributed by atoms with Crippen LogP contribution in [0.2, 0.25) is 5.02 Å². The number of aromatic nitrogens is 2.